The summed E-state index contributed by atoms with van der Waals surface area (Å²) in [4.78, 5) is 20.8. The van der Waals surface area contributed by atoms with E-state index in [4.69, 9.17) is 28.6 Å². The van der Waals surface area contributed by atoms with Crippen LogP contribution in [0.2, 0.25) is 5.02 Å². The minimum absolute atomic E-state index is 0.160. The molecule has 0 aliphatic carbocycles. The molecule has 0 spiro atoms. The van der Waals surface area contributed by atoms with Crippen LogP contribution in [0.5, 0.6) is 5.75 Å². The summed E-state index contributed by atoms with van der Waals surface area (Å²) in [5, 5.41) is 19.6. The van der Waals surface area contributed by atoms with E-state index in [0.29, 0.717) is 57.8 Å². The fourth-order valence-corrected chi connectivity index (χ4v) is 5.03. The van der Waals surface area contributed by atoms with Gasteiger partial charge in [-0.25, -0.2) is 0 Å². The Morgan fingerprint density at radius 1 is 1.08 bits per heavy atom. The van der Waals surface area contributed by atoms with Gasteiger partial charge in [0.05, 0.1) is 34.5 Å². The van der Waals surface area contributed by atoms with Gasteiger partial charge in [0.15, 0.2) is 5.11 Å². The lowest BCUT2D eigenvalue weighted by molar-refractivity contribution is -0.123. The van der Waals surface area contributed by atoms with Crippen LogP contribution in [0.25, 0.3) is 11.1 Å². The summed E-state index contributed by atoms with van der Waals surface area (Å²) in [6, 6.07) is 16.7. The molecule has 0 atom stereocenters. The van der Waals surface area contributed by atoms with Crippen LogP contribution in [0.15, 0.2) is 54.9 Å². The van der Waals surface area contributed by atoms with Gasteiger partial charge >= 0.3 is 0 Å². The number of halogens is 1. The van der Waals surface area contributed by atoms with Crippen LogP contribution in [0.4, 0.5) is 5.69 Å². The maximum atomic E-state index is 13.4. The molecule has 3 aromatic rings. The smallest absolute Gasteiger partial charge is 0.258 e. The van der Waals surface area contributed by atoms with Crippen LogP contribution in [-0.2, 0) is 4.79 Å². The first-order valence-corrected chi connectivity index (χ1v) is 12.4. The number of nitriles is 2. The van der Waals surface area contributed by atoms with Gasteiger partial charge < -0.3 is 9.64 Å². The van der Waals surface area contributed by atoms with Crippen molar-refractivity contribution in [1.29, 1.82) is 10.5 Å². The summed E-state index contributed by atoms with van der Waals surface area (Å²) in [5.74, 6) is 0.436. The number of nitrogens with zero attached hydrogens (tertiary/aromatic N) is 5. The molecule has 1 aromatic heterocycles. The van der Waals surface area contributed by atoms with E-state index < -0.39 is 5.54 Å². The Labute approximate surface area is 226 Å². The molecule has 0 unspecified atom stereocenters. The molecule has 1 aliphatic rings. The van der Waals surface area contributed by atoms with E-state index in [9.17, 15) is 15.3 Å². The average Bonchev–Trinajstić information content (AvgIpc) is 3.07. The van der Waals surface area contributed by atoms with Gasteiger partial charge in [-0.3, -0.25) is 14.7 Å². The highest BCUT2D eigenvalue weighted by Crippen LogP contribution is 2.37. The van der Waals surface area contributed by atoms with E-state index in [0.717, 1.165) is 11.1 Å². The van der Waals surface area contributed by atoms with Gasteiger partial charge in [0.25, 0.3) is 5.91 Å². The van der Waals surface area contributed by atoms with E-state index in [2.05, 4.69) is 17.1 Å². The molecule has 0 radical (unpaired) electrons. The third-order valence-corrected chi connectivity index (χ3v) is 7.33. The fraction of sp³-hybridized carbons (Fsp3) is 0.250. The molecule has 4 rings (SSSR count). The number of hydrogen-bond donors (Lipinski definition) is 0. The minimum atomic E-state index is -0.857. The van der Waals surface area contributed by atoms with Gasteiger partial charge in [0.1, 0.15) is 17.4 Å². The molecule has 2 heterocycles. The maximum Gasteiger partial charge on any atom is 0.258 e. The zero-order chi connectivity index (χ0) is 26.7. The van der Waals surface area contributed by atoms with Crippen molar-refractivity contribution in [2.45, 2.75) is 32.7 Å². The SMILES string of the molecule is Cc1c(N2C(=O)C(C)(C)N(CCCOc3ccc(-c4ccncc4)c(C#N)c3)C2=S)ccc(C#N)c1Cl. The second-order valence-corrected chi connectivity index (χ2v) is 9.82. The summed E-state index contributed by atoms with van der Waals surface area (Å²) in [6.07, 6.45) is 3.98. The van der Waals surface area contributed by atoms with Gasteiger partial charge in [-0.2, -0.15) is 10.5 Å². The maximum absolute atomic E-state index is 13.4. The molecule has 0 N–H and O–H groups in total. The van der Waals surface area contributed by atoms with Crippen molar-refractivity contribution < 1.29 is 9.53 Å². The highest BCUT2D eigenvalue weighted by atomic mass is 35.5. The summed E-state index contributed by atoms with van der Waals surface area (Å²) < 4.78 is 5.92. The van der Waals surface area contributed by atoms with Crippen molar-refractivity contribution in [3.05, 3.63) is 76.6 Å². The Hall–Kier alpha value is -3.98. The molecular formula is C28H24ClN5O2S. The first kappa shape index (κ1) is 26.1. The lowest BCUT2D eigenvalue weighted by Gasteiger charge is -2.29. The number of aromatic nitrogens is 1. The monoisotopic (exact) mass is 529 g/mol. The van der Waals surface area contributed by atoms with Crippen molar-refractivity contribution in [1.82, 2.24) is 9.88 Å². The zero-order valence-electron chi connectivity index (χ0n) is 20.7. The average molecular weight is 530 g/mol. The predicted octanol–water partition coefficient (Wildman–Crippen LogP) is 5.63. The molecule has 0 bridgehead atoms. The standard InChI is InChI=1S/C28H24ClN5O2S/c1-18-24(8-5-20(16-30)25(18)29)34-26(35)28(2,3)33(27(34)37)13-4-14-36-22-6-7-23(21(15-22)17-31)19-9-11-32-12-10-19/h5-12,15H,4,13-14H2,1-3H3. The molecule has 37 heavy (non-hydrogen) atoms. The number of rotatable bonds is 7. The van der Waals surface area contributed by atoms with Crippen LogP contribution in [-0.4, -0.2) is 39.6 Å². The molecule has 1 aliphatic heterocycles. The normalized spacial score (nSPS) is 14.4. The van der Waals surface area contributed by atoms with Crippen molar-refractivity contribution in [3.8, 4) is 29.0 Å². The second-order valence-electron chi connectivity index (χ2n) is 9.07. The van der Waals surface area contributed by atoms with Gasteiger partial charge in [0.2, 0.25) is 0 Å². The molecule has 9 heteroatoms. The number of ether oxygens (including phenoxy) is 1. The lowest BCUT2D eigenvalue weighted by atomic mass is 10.0. The predicted molar refractivity (Wildman–Crippen MR) is 146 cm³/mol. The summed E-state index contributed by atoms with van der Waals surface area (Å²) in [5.41, 5.74) is 2.94. The van der Waals surface area contributed by atoms with Gasteiger partial charge in [0, 0.05) is 18.9 Å². The fourth-order valence-electron chi connectivity index (χ4n) is 4.33. The molecule has 0 saturated carbocycles. The first-order valence-electron chi connectivity index (χ1n) is 11.6. The number of amides is 1. The minimum Gasteiger partial charge on any atom is -0.493 e. The van der Waals surface area contributed by atoms with Crippen LogP contribution in [0.1, 0.15) is 37.0 Å². The summed E-state index contributed by atoms with van der Waals surface area (Å²) >= 11 is 12.1. The molecule has 1 saturated heterocycles. The van der Waals surface area contributed by atoms with Gasteiger partial charge in [-0.05, 0) is 98.6 Å². The van der Waals surface area contributed by atoms with Crippen LogP contribution in [0.3, 0.4) is 0 Å². The molecule has 186 valence electrons. The Balaban J connectivity index is 1.44. The van der Waals surface area contributed by atoms with Crippen molar-refractivity contribution in [2.24, 2.45) is 0 Å². The van der Waals surface area contributed by atoms with E-state index >= 15 is 0 Å². The van der Waals surface area contributed by atoms with Crippen molar-refractivity contribution >= 4 is 40.5 Å². The molecule has 7 nitrogen and oxygen atoms in total. The van der Waals surface area contributed by atoms with Crippen molar-refractivity contribution in [2.75, 3.05) is 18.1 Å². The third-order valence-electron chi connectivity index (χ3n) is 6.44. The van der Waals surface area contributed by atoms with Crippen LogP contribution in [0, 0.1) is 29.6 Å². The van der Waals surface area contributed by atoms with Crippen molar-refractivity contribution in [3.63, 3.8) is 0 Å². The van der Waals surface area contributed by atoms with E-state index in [1.54, 1.807) is 37.5 Å². The number of pyridine rings is 1. The largest absolute Gasteiger partial charge is 0.493 e. The summed E-state index contributed by atoms with van der Waals surface area (Å²) in [7, 11) is 0. The first-order chi connectivity index (χ1) is 17.7. The summed E-state index contributed by atoms with van der Waals surface area (Å²) in [6.45, 7) is 6.31. The lowest BCUT2D eigenvalue weighted by Crippen LogP contribution is -2.44. The quantitative estimate of drug-likeness (QED) is 0.289. The molecular weight excluding hydrogens is 506 g/mol. The molecule has 2 aromatic carbocycles. The third kappa shape index (κ3) is 4.86. The zero-order valence-corrected chi connectivity index (χ0v) is 22.2. The highest BCUT2D eigenvalue weighted by Gasteiger charge is 2.49. The highest BCUT2D eigenvalue weighted by molar-refractivity contribution is 7.80. The van der Waals surface area contributed by atoms with Crippen LogP contribution >= 0.6 is 23.8 Å². The number of carbonyl (C=O) groups excluding carboxylic acids is 1. The molecule has 1 fully saturated rings. The van der Waals surface area contributed by atoms with E-state index in [1.807, 2.05) is 43.0 Å². The Bertz CT molecular complexity index is 1460. The van der Waals surface area contributed by atoms with Crippen LogP contribution < -0.4 is 9.64 Å². The number of benzene rings is 2. The Morgan fingerprint density at radius 2 is 1.78 bits per heavy atom. The number of thiocarbonyl (C=S) groups is 1. The topological polar surface area (TPSA) is 93.2 Å². The van der Waals surface area contributed by atoms with Gasteiger partial charge in [-0.15, -0.1) is 0 Å². The van der Waals surface area contributed by atoms with Gasteiger partial charge in [-0.1, -0.05) is 11.6 Å². The Kier molecular flexibility index (Phi) is 7.45. The van der Waals surface area contributed by atoms with E-state index in [1.165, 1.54) is 4.90 Å². The number of carbonyl (C=O) groups is 1. The Morgan fingerprint density at radius 3 is 2.46 bits per heavy atom. The number of hydrogen-bond acceptors (Lipinski definition) is 6. The van der Waals surface area contributed by atoms with E-state index in [-0.39, 0.29) is 5.91 Å². The number of anilines is 1. The molecule has 1 amide bonds. The second kappa shape index (κ2) is 10.6.